The number of benzene rings is 3. The Morgan fingerprint density at radius 1 is 0.919 bits per heavy atom. The number of nitrogens with zero attached hydrogens (tertiary/aromatic N) is 1. The van der Waals surface area contributed by atoms with Gasteiger partial charge in [-0.3, -0.25) is 0 Å². The van der Waals surface area contributed by atoms with E-state index in [2.05, 4.69) is 5.16 Å². The van der Waals surface area contributed by atoms with Gasteiger partial charge in [0.25, 0.3) is 0 Å². The normalized spacial score (nSPS) is 10.2. The molecular formula is C29H30N2O6. The maximum atomic E-state index is 12.2. The van der Waals surface area contributed by atoms with Gasteiger partial charge in [0.2, 0.25) is 0 Å². The summed E-state index contributed by atoms with van der Waals surface area (Å²) in [4.78, 5) is 12.2. The summed E-state index contributed by atoms with van der Waals surface area (Å²) in [6.07, 6.45) is 0. The second-order valence-electron chi connectivity index (χ2n) is 7.77. The van der Waals surface area contributed by atoms with E-state index in [-0.39, 0.29) is 18.9 Å². The number of carbonyl (C=O) groups excluding carboxylic acids is 1. The van der Waals surface area contributed by atoms with Gasteiger partial charge in [-0.15, -0.1) is 0 Å². The molecule has 0 atom stereocenters. The number of aliphatic hydroxyl groups is 1. The van der Waals surface area contributed by atoms with Crippen LogP contribution in [0, 0.1) is 12.3 Å². The van der Waals surface area contributed by atoms with E-state index in [1.54, 1.807) is 13.8 Å². The van der Waals surface area contributed by atoms with Crippen molar-refractivity contribution in [1.29, 1.82) is 5.41 Å². The van der Waals surface area contributed by atoms with Crippen molar-refractivity contribution in [3.05, 3.63) is 101 Å². The molecule has 0 radical (unpaired) electrons. The van der Waals surface area contributed by atoms with E-state index >= 15 is 0 Å². The number of ether oxygens (including phenoxy) is 3. The Morgan fingerprint density at radius 3 is 2.19 bits per heavy atom. The SMILES string of the molecule is CCOC(=O)c1noc(C)c1-c1ccc(OCc2ccc(OCC(=N)c3ccccc3)cc2)cc1.CO. The van der Waals surface area contributed by atoms with Gasteiger partial charge in [-0.25, -0.2) is 4.79 Å². The fraction of sp³-hybridized carbons (Fsp3) is 0.207. The number of hydrogen-bond donors (Lipinski definition) is 2. The first-order valence-corrected chi connectivity index (χ1v) is 11.7. The highest BCUT2D eigenvalue weighted by Crippen LogP contribution is 2.29. The zero-order valence-corrected chi connectivity index (χ0v) is 21.1. The smallest absolute Gasteiger partial charge is 0.361 e. The van der Waals surface area contributed by atoms with Crippen molar-refractivity contribution < 1.29 is 28.6 Å². The Balaban J connectivity index is 0.00000186. The van der Waals surface area contributed by atoms with Gasteiger partial charge in [0.1, 0.15) is 30.5 Å². The molecule has 2 N–H and O–H groups in total. The average Bonchev–Trinajstić information content (AvgIpc) is 3.34. The first-order chi connectivity index (χ1) is 18.0. The van der Waals surface area contributed by atoms with Crippen LogP contribution in [0.3, 0.4) is 0 Å². The van der Waals surface area contributed by atoms with Crippen LogP contribution in [0.4, 0.5) is 0 Å². The molecule has 8 nitrogen and oxygen atoms in total. The topological polar surface area (TPSA) is 115 Å². The van der Waals surface area contributed by atoms with Crippen molar-refractivity contribution in [1.82, 2.24) is 5.16 Å². The molecule has 8 heteroatoms. The first kappa shape index (κ1) is 27.2. The summed E-state index contributed by atoms with van der Waals surface area (Å²) in [6.45, 7) is 4.36. The largest absolute Gasteiger partial charge is 0.489 e. The first-order valence-electron chi connectivity index (χ1n) is 11.7. The maximum Gasteiger partial charge on any atom is 0.361 e. The number of aliphatic hydroxyl groups excluding tert-OH is 1. The number of rotatable bonds is 10. The van der Waals surface area contributed by atoms with Gasteiger partial charge in [0.05, 0.1) is 17.9 Å². The number of aryl methyl sites for hydroxylation is 1. The third kappa shape index (κ3) is 7.28. The molecule has 0 aliphatic carbocycles. The molecule has 0 fully saturated rings. The van der Waals surface area contributed by atoms with E-state index in [4.69, 9.17) is 29.2 Å². The summed E-state index contributed by atoms with van der Waals surface area (Å²) >= 11 is 0. The van der Waals surface area contributed by atoms with Crippen LogP contribution in [0.25, 0.3) is 11.1 Å². The number of nitrogens with one attached hydrogen (secondary N) is 1. The third-order valence-corrected chi connectivity index (χ3v) is 5.31. The van der Waals surface area contributed by atoms with Crippen LogP contribution in [0.1, 0.15) is 34.3 Å². The monoisotopic (exact) mass is 502 g/mol. The highest BCUT2D eigenvalue weighted by atomic mass is 16.5. The van der Waals surface area contributed by atoms with E-state index < -0.39 is 5.97 Å². The lowest BCUT2D eigenvalue weighted by Crippen LogP contribution is -2.11. The molecule has 0 aliphatic heterocycles. The Kier molecular flexibility index (Phi) is 9.99. The van der Waals surface area contributed by atoms with Crippen LogP contribution in [0.15, 0.2) is 83.4 Å². The Morgan fingerprint density at radius 2 is 1.54 bits per heavy atom. The lowest BCUT2D eigenvalue weighted by molar-refractivity contribution is 0.0515. The quantitative estimate of drug-likeness (QED) is 0.219. The van der Waals surface area contributed by atoms with Crippen molar-refractivity contribution >= 4 is 11.7 Å². The molecular weight excluding hydrogens is 472 g/mol. The summed E-state index contributed by atoms with van der Waals surface area (Å²) in [5.41, 5.74) is 3.84. The summed E-state index contributed by atoms with van der Waals surface area (Å²) in [7, 11) is 1.00. The summed E-state index contributed by atoms with van der Waals surface area (Å²) in [6, 6.07) is 24.5. The minimum atomic E-state index is -0.510. The van der Waals surface area contributed by atoms with Crippen molar-refractivity contribution in [2.45, 2.75) is 20.5 Å². The number of esters is 1. The van der Waals surface area contributed by atoms with Crippen LogP contribution in [0.2, 0.25) is 0 Å². The molecule has 0 aliphatic rings. The predicted octanol–water partition coefficient (Wildman–Crippen LogP) is 5.46. The Bertz CT molecular complexity index is 1280. The zero-order chi connectivity index (χ0) is 26.6. The molecule has 37 heavy (non-hydrogen) atoms. The van der Waals surface area contributed by atoms with Crippen molar-refractivity contribution in [2.24, 2.45) is 0 Å². The van der Waals surface area contributed by atoms with Crippen LogP contribution >= 0.6 is 0 Å². The predicted molar refractivity (Wildman–Crippen MR) is 140 cm³/mol. The maximum absolute atomic E-state index is 12.2. The molecule has 3 aromatic carbocycles. The molecule has 0 bridgehead atoms. The van der Waals surface area contributed by atoms with E-state index in [1.807, 2.05) is 78.9 Å². The van der Waals surface area contributed by atoms with E-state index in [1.165, 1.54) is 0 Å². The minimum absolute atomic E-state index is 0.166. The number of hydrogen-bond acceptors (Lipinski definition) is 8. The standard InChI is InChI=1S/C28H26N2O5.CH4O/c1-3-32-28(31)27-26(19(2)35-30-27)22-11-15-24(16-12-22)33-17-20-9-13-23(14-10-20)34-18-25(29)21-7-5-4-6-8-21;1-2/h4-16,29H,3,17-18H2,1-2H3;2H,1H3. The van der Waals surface area contributed by atoms with Crippen LogP contribution in [-0.2, 0) is 11.3 Å². The molecule has 4 aromatic rings. The van der Waals surface area contributed by atoms with Crippen molar-refractivity contribution in [2.75, 3.05) is 20.3 Å². The third-order valence-electron chi connectivity index (χ3n) is 5.31. The molecule has 192 valence electrons. The lowest BCUT2D eigenvalue weighted by atomic mass is 10.0. The van der Waals surface area contributed by atoms with Crippen LogP contribution < -0.4 is 9.47 Å². The van der Waals surface area contributed by atoms with Crippen molar-refractivity contribution in [3.8, 4) is 22.6 Å². The molecule has 0 amide bonds. The lowest BCUT2D eigenvalue weighted by Gasteiger charge is -2.10. The van der Waals surface area contributed by atoms with Gasteiger partial charge in [0.15, 0.2) is 5.69 Å². The molecule has 0 unspecified atom stereocenters. The Labute approximate surface area is 215 Å². The number of aromatic nitrogens is 1. The molecule has 4 rings (SSSR count). The second kappa shape index (κ2) is 13.6. The highest BCUT2D eigenvalue weighted by molar-refractivity contribution is 5.99. The summed E-state index contributed by atoms with van der Waals surface area (Å²) in [5.74, 6) is 1.42. The zero-order valence-electron chi connectivity index (χ0n) is 21.1. The molecule has 1 heterocycles. The van der Waals surface area contributed by atoms with Gasteiger partial charge in [-0.05, 0) is 54.8 Å². The Hall–Kier alpha value is -4.43. The van der Waals surface area contributed by atoms with Gasteiger partial charge < -0.3 is 29.2 Å². The molecule has 0 spiro atoms. The fourth-order valence-electron chi connectivity index (χ4n) is 3.50. The van der Waals surface area contributed by atoms with Crippen molar-refractivity contribution in [3.63, 3.8) is 0 Å². The van der Waals surface area contributed by atoms with Crippen LogP contribution in [0.5, 0.6) is 11.5 Å². The van der Waals surface area contributed by atoms with Crippen LogP contribution in [-0.4, -0.2) is 42.3 Å². The second-order valence-corrected chi connectivity index (χ2v) is 7.77. The van der Waals surface area contributed by atoms with E-state index in [0.29, 0.717) is 35.1 Å². The highest BCUT2D eigenvalue weighted by Gasteiger charge is 2.22. The van der Waals surface area contributed by atoms with E-state index in [0.717, 1.165) is 23.8 Å². The van der Waals surface area contributed by atoms with Gasteiger partial charge in [0, 0.05) is 7.11 Å². The molecule has 0 saturated heterocycles. The van der Waals surface area contributed by atoms with E-state index in [9.17, 15) is 4.79 Å². The fourth-order valence-corrected chi connectivity index (χ4v) is 3.50. The summed E-state index contributed by atoms with van der Waals surface area (Å²) in [5, 5.41) is 19.0. The molecule has 0 saturated carbocycles. The molecule has 1 aromatic heterocycles. The minimum Gasteiger partial charge on any atom is -0.489 e. The van der Waals surface area contributed by atoms with Gasteiger partial charge in [-0.2, -0.15) is 0 Å². The average molecular weight is 503 g/mol. The van der Waals surface area contributed by atoms with Gasteiger partial charge >= 0.3 is 5.97 Å². The summed E-state index contributed by atoms with van der Waals surface area (Å²) < 4.78 is 21.9. The van der Waals surface area contributed by atoms with Gasteiger partial charge in [-0.1, -0.05) is 59.8 Å². The number of carbonyl (C=O) groups is 1.